The van der Waals surface area contributed by atoms with Crippen molar-refractivity contribution in [1.82, 2.24) is 9.97 Å². The molecule has 1 heterocycles. The van der Waals surface area contributed by atoms with Crippen molar-refractivity contribution in [3.8, 4) is 0 Å². The molecule has 94 valence electrons. The number of rotatable bonds is 6. The minimum Gasteiger partial charge on any atom is -0.354 e. The van der Waals surface area contributed by atoms with Crippen molar-refractivity contribution in [3.05, 3.63) is 16.3 Å². The molecule has 0 saturated heterocycles. The SMILES string of the molecule is CCCNc1ncc([N+](=O)[O-])c(SC(C)C)n1. The molecule has 0 aliphatic carbocycles. The van der Waals surface area contributed by atoms with Crippen molar-refractivity contribution >= 4 is 23.4 Å². The van der Waals surface area contributed by atoms with E-state index in [0.29, 0.717) is 11.0 Å². The molecule has 0 amide bonds. The van der Waals surface area contributed by atoms with E-state index < -0.39 is 4.92 Å². The Morgan fingerprint density at radius 1 is 1.59 bits per heavy atom. The monoisotopic (exact) mass is 256 g/mol. The Morgan fingerprint density at radius 2 is 2.29 bits per heavy atom. The zero-order valence-electron chi connectivity index (χ0n) is 10.1. The number of nitrogens with one attached hydrogen (secondary N) is 1. The Morgan fingerprint density at radius 3 is 2.82 bits per heavy atom. The molecule has 7 heteroatoms. The maximum absolute atomic E-state index is 10.8. The van der Waals surface area contributed by atoms with Gasteiger partial charge in [0, 0.05) is 11.8 Å². The van der Waals surface area contributed by atoms with Gasteiger partial charge in [0.05, 0.1) is 4.92 Å². The summed E-state index contributed by atoms with van der Waals surface area (Å²) in [4.78, 5) is 18.5. The summed E-state index contributed by atoms with van der Waals surface area (Å²) in [5.74, 6) is 0.445. The maximum Gasteiger partial charge on any atom is 0.319 e. The number of aromatic nitrogens is 2. The average Bonchev–Trinajstić information content (AvgIpc) is 2.25. The van der Waals surface area contributed by atoms with Crippen molar-refractivity contribution in [2.45, 2.75) is 37.5 Å². The predicted molar refractivity (Wildman–Crippen MR) is 68.5 cm³/mol. The Balaban J connectivity index is 2.97. The summed E-state index contributed by atoms with van der Waals surface area (Å²) in [6, 6.07) is 0. The van der Waals surface area contributed by atoms with Gasteiger partial charge in [-0.05, 0) is 6.42 Å². The molecular weight excluding hydrogens is 240 g/mol. The van der Waals surface area contributed by atoms with Gasteiger partial charge < -0.3 is 5.32 Å². The smallest absolute Gasteiger partial charge is 0.319 e. The third-order valence-electron chi connectivity index (χ3n) is 1.81. The molecule has 0 aliphatic rings. The highest BCUT2D eigenvalue weighted by atomic mass is 32.2. The van der Waals surface area contributed by atoms with E-state index in [2.05, 4.69) is 15.3 Å². The van der Waals surface area contributed by atoms with Gasteiger partial charge in [-0.15, -0.1) is 0 Å². The molecule has 0 fully saturated rings. The third-order valence-corrected chi connectivity index (χ3v) is 2.81. The highest BCUT2D eigenvalue weighted by molar-refractivity contribution is 7.99. The molecule has 0 atom stereocenters. The number of nitrogens with zero attached hydrogens (tertiary/aromatic N) is 3. The van der Waals surface area contributed by atoms with Crippen molar-refractivity contribution in [1.29, 1.82) is 0 Å². The van der Waals surface area contributed by atoms with Gasteiger partial charge in [-0.3, -0.25) is 10.1 Å². The van der Waals surface area contributed by atoms with Crippen LogP contribution in [0.3, 0.4) is 0 Å². The predicted octanol–water partition coefficient (Wildman–Crippen LogP) is 2.71. The molecular formula is C10H16N4O2S. The highest BCUT2D eigenvalue weighted by Gasteiger charge is 2.18. The topological polar surface area (TPSA) is 81.0 Å². The van der Waals surface area contributed by atoms with Crippen LogP contribution in [-0.2, 0) is 0 Å². The Labute approximate surface area is 104 Å². The summed E-state index contributed by atoms with van der Waals surface area (Å²) in [7, 11) is 0. The van der Waals surface area contributed by atoms with Crippen molar-refractivity contribution in [2.24, 2.45) is 0 Å². The zero-order valence-corrected chi connectivity index (χ0v) is 11.0. The number of hydrogen-bond acceptors (Lipinski definition) is 6. The molecule has 0 unspecified atom stereocenters. The van der Waals surface area contributed by atoms with Gasteiger partial charge in [0.2, 0.25) is 5.95 Å². The molecule has 1 aromatic heterocycles. The fourth-order valence-corrected chi connectivity index (χ4v) is 1.95. The maximum atomic E-state index is 10.8. The third kappa shape index (κ3) is 4.18. The van der Waals surface area contributed by atoms with E-state index in [1.165, 1.54) is 18.0 Å². The van der Waals surface area contributed by atoms with Crippen LogP contribution in [0.1, 0.15) is 27.2 Å². The molecule has 0 radical (unpaired) electrons. The molecule has 0 aliphatic heterocycles. The van der Waals surface area contributed by atoms with Crippen LogP contribution in [0.25, 0.3) is 0 Å². The Kier molecular flexibility index (Phi) is 5.14. The highest BCUT2D eigenvalue weighted by Crippen LogP contribution is 2.30. The van der Waals surface area contributed by atoms with Crippen LogP contribution in [-0.4, -0.2) is 26.7 Å². The van der Waals surface area contributed by atoms with E-state index in [-0.39, 0.29) is 10.9 Å². The molecule has 0 spiro atoms. The molecule has 0 aromatic carbocycles. The molecule has 1 rings (SSSR count). The number of nitro groups is 1. The summed E-state index contributed by atoms with van der Waals surface area (Å²) in [6.45, 7) is 6.72. The van der Waals surface area contributed by atoms with E-state index in [9.17, 15) is 10.1 Å². The lowest BCUT2D eigenvalue weighted by molar-refractivity contribution is -0.388. The summed E-state index contributed by atoms with van der Waals surface area (Å²) in [5.41, 5.74) is -0.0363. The van der Waals surface area contributed by atoms with Crippen LogP contribution in [0.4, 0.5) is 11.6 Å². The second-order valence-electron chi connectivity index (χ2n) is 3.73. The lowest BCUT2D eigenvalue weighted by atomic mass is 10.5. The molecule has 0 saturated carbocycles. The average molecular weight is 256 g/mol. The summed E-state index contributed by atoms with van der Waals surface area (Å²) in [5, 5.41) is 14.5. The van der Waals surface area contributed by atoms with Gasteiger partial charge in [-0.25, -0.2) is 4.98 Å². The molecule has 1 aromatic rings. The van der Waals surface area contributed by atoms with Crippen LogP contribution in [0.5, 0.6) is 0 Å². The first-order valence-corrected chi connectivity index (χ1v) is 6.34. The minimum absolute atomic E-state index is 0.0363. The van der Waals surface area contributed by atoms with E-state index in [1.807, 2.05) is 20.8 Å². The molecule has 1 N–H and O–H groups in total. The minimum atomic E-state index is -0.450. The van der Waals surface area contributed by atoms with E-state index in [4.69, 9.17) is 0 Å². The zero-order chi connectivity index (χ0) is 12.8. The first-order chi connectivity index (χ1) is 8.04. The summed E-state index contributed by atoms with van der Waals surface area (Å²) >= 11 is 1.37. The Hall–Kier alpha value is -1.37. The van der Waals surface area contributed by atoms with Crippen molar-refractivity contribution < 1.29 is 4.92 Å². The van der Waals surface area contributed by atoms with Crippen LogP contribution in [0.15, 0.2) is 11.2 Å². The second kappa shape index (κ2) is 6.39. The first kappa shape index (κ1) is 13.7. The van der Waals surface area contributed by atoms with E-state index in [1.54, 1.807) is 0 Å². The van der Waals surface area contributed by atoms with Crippen LogP contribution in [0, 0.1) is 10.1 Å². The lowest BCUT2D eigenvalue weighted by Gasteiger charge is -2.07. The van der Waals surface area contributed by atoms with Gasteiger partial charge in [0.1, 0.15) is 6.20 Å². The van der Waals surface area contributed by atoms with E-state index in [0.717, 1.165) is 13.0 Å². The fourth-order valence-electron chi connectivity index (χ4n) is 1.12. The van der Waals surface area contributed by atoms with Crippen LogP contribution >= 0.6 is 11.8 Å². The molecule has 17 heavy (non-hydrogen) atoms. The quantitative estimate of drug-likeness (QED) is 0.365. The fraction of sp³-hybridized carbons (Fsp3) is 0.600. The van der Waals surface area contributed by atoms with Crippen molar-refractivity contribution in [3.63, 3.8) is 0 Å². The lowest BCUT2D eigenvalue weighted by Crippen LogP contribution is -2.06. The second-order valence-corrected chi connectivity index (χ2v) is 5.30. The standard InChI is InChI=1S/C10H16N4O2S/c1-4-5-11-10-12-6-8(14(15)16)9(13-10)17-7(2)3/h6-7H,4-5H2,1-3H3,(H,11,12,13). The normalized spacial score (nSPS) is 10.6. The van der Waals surface area contributed by atoms with Gasteiger partial charge in [-0.1, -0.05) is 32.5 Å². The Bertz CT molecular complexity index is 398. The summed E-state index contributed by atoms with van der Waals surface area (Å²) in [6.07, 6.45) is 2.21. The van der Waals surface area contributed by atoms with Crippen LogP contribution in [0.2, 0.25) is 0 Å². The van der Waals surface area contributed by atoms with Gasteiger partial charge in [0.25, 0.3) is 0 Å². The van der Waals surface area contributed by atoms with Gasteiger partial charge in [0.15, 0.2) is 5.03 Å². The largest absolute Gasteiger partial charge is 0.354 e. The van der Waals surface area contributed by atoms with E-state index >= 15 is 0 Å². The summed E-state index contributed by atoms with van der Waals surface area (Å²) < 4.78 is 0. The van der Waals surface area contributed by atoms with Crippen molar-refractivity contribution in [2.75, 3.05) is 11.9 Å². The number of hydrogen-bond donors (Lipinski definition) is 1. The molecule has 0 bridgehead atoms. The van der Waals surface area contributed by atoms with Gasteiger partial charge >= 0.3 is 5.69 Å². The number of thioether (sulfide) groups is 1. The number of anilines is 1. The first-order valence-electron chi connectivity index (χ1n) is 5.46. The van der Waals surface area contributed by atoms with Gasteiger partial charge in [-0.2, -0.15) is 4.98 Å². The van der Waals surface area contributed by atoms with Crippen LogP contribution < -0.4 is 5.32 Å². The molecule has 6 nitrogen and oxygen atoms in total.